The maximum absolute atomic E-state index is 11.4. The van der Waals surface area contributed by atoms with Crippen molar-refractivity contribution in [1.29, 1.82) is 0 Å². The summed E-state index contributed by atoms with van der Waals surface area (Å²) in [6, 6.07) is 7.96. The monoisotopic (exact) mass is 430 g/mol. The minimum absolute atomic E-state index is 0.324. The topological polar surface area (TPSA) is 65.0 Å². The molecule has 1 N–H and O–H groups in total. The summed E-state index contributed by atoms with van der Waals surface area (Å²) in [7, 11) is 0. The lowest BCUT2D eigenvalue weighted by atomic mass is 9.76. The van der Waals surface area contributed by atoms with Gasteiger partial charge in [-0.15, -0.1) is 0 Å². The maximum atomic E-state index is 11.4. The van der Waals surface area contributed by atoms with Crippen molar-refractivity contribution in [3.8, 4) is 5.75 Å². The quantitative estimate of drug-likeness (QED) is 0.519. The lowest BCUT2D eigenvalue weighted by Crippen LogP contribution is -2.33. The van der Waals surface area contributed by atoms with E-state index in [1.165, 1.54) is 37.7 Å². The molecule has 4 rings (SSSR count). The van der Waals surface area contributed by atoms with Gasteiger partial charge in [0.2, 0.25) is 0 Å². The van der Waals surface area contributed by atoms with Crippen molar-refractivity contribution in [2.45, 2.75) is 89.4 Å². The van der Waals surface area contributed by atoms with E-state index in [2.05, 4.69) is 6.07 Å². The number of hydrogen-bond acceptors (Lipinski definition) is 4. The number of ether oxygens (including phenoxy) is 3. The Labute approximate surface area is 186 Å². The first-order valence-corrected chi connectivity index (χ1v) is 12.4. The standard InChI is InChI=1S/C26H38O5/c1-2-7-25(26(27)28)30-20-11-6-10-19(14-20)15-21-22(24-13-12-23(21)31-24)17-29-16-18-8-4-3-5-9-18/h6,10-11,14,18,21-25H,2-5,7-9,12-13,15-17H2,1H3,(H,27,28). The van der Waals surface area contributed by atoms with Gasteiger partial charge in [0.15, 0.2) is 6.10 Å². The van der Waals surface area contributed by atoms with Crippen LogP contribution >= 0.6 is 0 Å². The first kappa shape index (κ1) is 22.6. The van der Waals surface area contributed by atoms with Gasteiger partial charge in [0.25, 0.3) is 0 Å². The van der Waals surface area contributed by atoms with Gasteiger partial charge in [-0.1, -0.05) is 44.7 Å². The molecule has 5 atom stereocenters. The lowest BCUT2D eigenvalue weighted by Gasteiger charge is -2.29. The first-order valence-electron chi connectivity index (χ1n) is 12.4. The number of carboxylic acids is 1. The van der Waals surface area contributed by atoms with Gasteiger partial charge in [-0.05, 0) is 68.1 Å². The molecule has 2 heterocycles. The van der Waals surface area contributed by atoms with E-state index in [-0.39, 0.29) is 0 Å². The molecule has 2 saturated heterocycles. The Hall–Kier alpha value is -1.59. The summed E-state index contributed by atoms with van der Waals surface area (Å²) in [6.07, 6.45) is 11.1. The molecule has 1 aromatic rings. The molecule has 0 spiro atoms. The van der Waals surface area contributed by atoms with Crippen LogP contribution in [0.15, 0.2) is 24.3 Å². The van der Waals surface area contributed by atoms with Crippen LogP contribution in [0.5, 0.6) is 5.75 Å². The van der Waals surface area contributed by atoms with E-state index in [4.69, 9.17) is 14.2 Å². The summed E-state index contributed by atoms with van der Waals surface area (Å²) in [5.74, 6) is 1.41. The Morgan fingerprint density at radius 1 is 1.10 bits per heavy atom. The number of benzene rings is 1. The van der Waals surface area contributed by atoms with Crippen LogP contribution in [0.25, 0.3) is 0 Å². The van der Waals surface area contributed by atoms with E-state index in [0.717, 1.165) is 44.8 Å². The summed E-state index contributed by atoms with van der Waals surface area (Å²) in [6.45, 7) is 3.68. The van der Waals surface area contributed by atoms with Gasteiger partial charge in [0, 0.05) is 12.5 Å². The highest BCUT2D eigenvalue weighted by atomic mass is 16.5. The molecule has 3 fully saturated rings. The Morgan fingerprint density at radius 2 is 1.87 bits per heavy atom. The summed E-state index contributed by atoms with van der Waals surface area (Å²) in [5, 5.41) is 9.39. The summed E-state index contributed by atoms with van der Waals surface area (Å²) in [4.78, 5) is 11.4. The number of carboxylic acid groups (broad SMARTS) is 1. The van der Waals surface area contributed by atoms with Crippen molar-refractivity contribution < 1.29 is 24.1 Å². The van der Waals surface area contributed by atoms with Crippen LogP contribution in [0.3, 0.4) is 0 Å². The fourth-order valence-corrected chi connectivity index (χ4v) is 5.79. The highest BCUT2D eigenvalue weighted by molar-refractivity contribution is 5.72. The molecule has 31 heavy (non-hydrogen) atoms. The SMILES string of the molecule is CCCC(Oc1cccc(CC2C3CCC(O3)C2COCC2CCCCC2)c1)C(=O)O. The van der Waals surface area contributed by atoms with Crippen molar-refractivity contribution >= 4 is 5.97 Å². The summed E-state index contributed by atoms with van der Waals surface area (Å²) < 4.78 is 18.3. The molecule has 0 aromatic heterocycles. The predicted octanol–water partition coefficient (Wildman–Crippen LogP) is 5.25. The lowest BCUT2D eigenvalue weighted by molar-refractivity contribution is -0.145. The average Bonchev–Trinajstić information content (AvgIpc) is 3.37. The van der Waals surface area contributed by atoms with Crippen molar-refractivity contribution in [2.24, 2.45) is 17.8 Å². The van der Waals surface area contributed by atoms with Gasteiger partial charge < -0.3 is 19.3 Å². The molecular formula is C26H38O5. The van der Waals surface area contributed by atoms with E-state index < -0.39 is 12.1 Å². The minimum Gasteiger partial charge on any atom is -0.479 e. The molecule has 172 valence electrons. The van der Waals surface area contributed by atoms with E-state index >= 15 is 0 Å². The third kappa shape index (κ3) is 5.81. The van der Waals surface area contributed by atoms with E-state index in [1.807, 2.05) is 25.1 Å². The molecule has 5 heteroatoms. The van der Waals surface area contributed by atoms with Gasteiger partial charge >= 0.3 is 5.97 Å². The van der Waals surface area contributed by atoms with Crippen molar-refractivity contribution in [3.05, 3.63) is 29.8 Å². The number of aliphatic carboxylic acids is 1. The molecule has 0 radical (unpaired) electrons. The zero-order valence-electron chi connectivity index (χ0n) is 18.8. The van der Waals surface area contributed by atoms with Gasteiger partial charge in [-0.3, -0.25) is 0 Å². The molecule has 2 bridgehead atoms. The van der Waals surface area contributed by atoms with Gasteiger partial charge in [-0.2, -0.15) is 0 Å². The molecule has 5 nitrogen and oxygen atoms in total. The van der Waals surface area contributed by atoms with Crippen LogP contribution in [0.4, 0.5) is 0 Å². The second-order valence-electron chi connectivity index (χ2n) is 9.74. The van der Waals surface area contributed by atoms with Crippen LogP contribution in [0.1, 0.15) is 70.3 Å². The average molecular weight is 431 g/mol. The second-order valence-corrected chi connectivity index (χ2v) is 9.74. The maximum Gasteiger partial charge on any atom is 0.344 e. The van der Waals surface area contributed by atoms with Crippen LogP contribution in [0.2, 0.25) is 0 Å². The number of carbonyl (C=O) groups is 1. The Kier molecular flexibility index (Phi) is 7.89. The van der Waals surface area contributed by atoms with E-state index in [0.29, 0.717) is 36.2 Å². The smallest absolute Gasteiger partial charge is 0.344 e. The van der Waals surface area contributed by atoms with Gasteiger partial charge in [0.05, 0.1) is 18.8 Å². The predicted molar refractivity (Wildman–Crippen MR) is 119 cm³/mol. The van der Waals surface area contributed by atoms with Gasteiger partial charge in [0.1, 0.15) is 5.75 Å². The molecule has 1 saturated carbocycles. The van der Waals surface area contributed by atoms with Crippen LogP contribution in [0, 0.1) is 17.8 Å². The molecule has 2 aliphatic heterocycles. The van der Waals surface area contributed by atoms with E-state index in [1.54, 1.807) is 0 Å². The molecule has 0 amide bonds. The largest absolute Gasteiger partial charge is 0.479 e. The molecule has 1 aromatic carbocycles. The number of hydrogen-bond donors (Lipinski definition) is 1. The summed E-state index contributed by atoms with van der Waals surface area (Å²) in [5.41, 5.74) is 1.19. The molecule has 3 aliphatic rings. The third-order valence-electron chi connectivity index (χ3n) is 7.45. The summed E-state index contributed by atoms with van der Waals surface area (Å²) >= 11 is 0. The fraction of sp³-hybridized carbons (Fsp3) is 0.731. The van der Waals surface area contributed by atoms with Crippen LogP contribution < -0.4 is 4.74 Å². The van der Waals surface area contributed by atoms with E-state index in [9.17, 15) is 9.90 Å². The zero-order valence-corrected chi connectivity index (χ0v) is 18.8. The van der Waals surface area contributed by atoms with Crippen molar-refractivity contribution in [1.82, 2.24) is 0 Å². The highest BCUT2D eigenvalue weighted by Crippen LogP contribution is 2.45. The normalized spacial score (nSPS) is 29.2. The zero-order chi connectivity index (χ0) is 21.6. The highest BCUT2D eigenvalue weighted by Gasteiger charge is 2.48. The van der Waals surface area contributed by atoms with Gasteiger partial charge in [-0.25, -0.2) is 4.79 Å². The Bertz CT molecular complexity index is 714. The van der Waals surface area contributed by atoms with Crippen molar-refractivity contribution in [2.75, 3.05) is 13.2 Å². The minimum atomic E-state index is -0.899. The van der Waals surface area contributed by atoms with Crippen molar-refractivity contribution in [3.63, 3.8) is 0 Å². The molecular weight excluding hydrogens is 392 g/mol. The Morgan fingerprint density at radius 3 is 2.61 bits per heavy atom. The third-order valence-corrected chi connectivity index (χ3v) is 7.45. The Balaban J connectivity index is 1.35. The van der Waals surface area contributed by atoms with Crippen LogP contribution in [-0.4, -0.2) is 42.6 Å². The number of fused-ring (bicyclic) bond motifs is 2. The molecule has 1 aliphatic carbocycles. The first-order chi connectivity index (χ1) is 15.1. The second kappa shape index (κ2) is 10.8. The number of rotatable bonds is 11. The molecule has 5 unspecified atom stereocenters. The van der Waals surface area contributed by atoms with Crippen LogP contribution in [-0.2, 0) is 20.7 Å². The fourth-order valence-electron chi connectivity index (χ4n) is 5.79.